The molecule has 0 aromatic heterocycles. The lowest BCUT2D eigenvalue weighted by atomic mass is 10.1. The first-order valence-corrected chi connectivity index (χ1v) is 11.6. The van der Waals surface area contributed by atoms with Gasteiger partial charge in [-0.15, -0.1) is 0 Å². The van der Waals surface area contributed by atoms with E-state index >= 15 is 0 Å². The zero-order chi connectivity index (χ0) is 26.5. The van der Waals surface area contributed by atoms with E-state index in [1.807, 2.05) is 25.1 Å². The van der Waals surface area contributed by atoms with Crippen molar-refractivity contribution in [3.05, 3.63) is 89.5 Å². The van der Waals surface area contributed by atoms with E-state index in [2.05, 4.69) is 10.1 Å². The van der Waals surface area contributed by atoms with Gasteiger partial charge in [-0.05, 0) is 66.6 Å². The first-order chi connectivity index (χ1) is 17.8. The van der Waals surface area contributed by atoms with E-state index in [1.54, 1.807) is 49.6 Å². The average Bonchev–Trinajstić information content (AvgIpc) is 3.12. The predicted molar refractivity (Wildman–Crippen MR) is 137 cm³/mol. The molecule has 1 heterocycles. The summed E-state index contributed by atoms with van der Waals surface area (Å²) in [5, 5.41) is 2.74. The lowest BCUT2D eigenvalue weighted by Gasteiger charge is -2.22. The highest BCUT2D eigenvalue weighted by Gasteiger charge is 2.46. The summed E-state index contributed by atoms with van der Waals surface area (Å²) in [5.41, 5.74) is 2.94. The Balaban J connectivity index is 1.56. The molecule has 1 atom stereocenters. The molecule has 4 rings (SSSR count). The molecule has 3 aromatic rings. The predicted octanol–water partition coefficient (Wildman–Crippen LogP) is 4.16. The van der Waals surface area contributed by atoms with Gasteiger partial charge in [0.2, 0.25) is 5.91 Å². The van der Waals surface area contributed by atoms with Crippen molar-refractivity contribution in [2.24, 2.45) is 0 Å². The molecule has 1 fully saturated rings. The van der Waals surface area contributed by atoms with Crippen molar-refractivity contribution < 1.29 is 28.7 Å². The highest BCUT2D eigenvalue weighted by Crippen LogP contribution is 2.29. The van der Waals surface area contributed by atoms with Crippen LogP contribution < -0.4 is 15.0 Å². The van der Waals surface area contributed by atoms with Gasteiger partial charge in [0.05, 0.1) is 31.9 Å². The lowest BCUT2D eigenvalue weighted by molar-refractivity contribution is -0.124. The van der Waals surface area contributed by atoms with E-state index < -0.39 is 29.9 Å². The number of nitrogens with zero attached hydrogens (tertiary/aromatic N) is 2. The van der Waals surface area contributed by atoms with Gasteiger partial charge in [-0.1, -0.05) is 24.3 Å². The van der Waals surface area contributed by atoms with Crippen LogP contribution in [-0.2, 0) is 20.9 Å². The van der Waals surface area contributed by atoms with Gasteiger partial charge in [-0.25, -0.2) is 14.5 Å². The van der Waals surface area contributed by atoms with Crippen LogP contribution in [0.3, 0.4) is 0 Å². The fourth-order valence-electron chi connectivity index (χ4n) is 4.14. The van der Waals surface area contributed by atoms with Gasteiger partial charge in [-0.3, -0.25) is 9.59 Å². The minimum Gasteiger partial charge on any atom is -0.497 e. The number of amides is 4. The first-order valence-electron chi connectivity index (χ1n) is 11.6. The standard InChI is InChI=1S/C28H27N3O6/c1-18-5-4-6-22(15-18)31-26(33)24(30(28(31)35)17-19-7-13-23(36-2)14-8-19)16-25(32)29-21-11-9-20(10-12-21)27(34)37-3/h4-15,24H,16-17H2,1-3H3,(H,29,32)/t24-/m1/s1. The number of nitrogens with one attached hydrogen (secondary N) is 1. The molecule has 0 spiro atoms. The van der Waals surface area contributed by atoms with Gasteiger partial charge in [-0.2, -0.15) is 0 Å². The third-order valence-electron chi connectivity index (χ3n) is 6.06. The molecule has 4 amide bonds. The number of carbonyl (C=O) groups is 4. The highest BCUT2D eigenvalue weighted by atomic mass is 16.5. The third kappa shape index (κ3) is 5.61. The fourth-order valence-corrected chi connectivity index (χ4v) is 4.14. The second-order valence-electron chi connectivity index (χ2n) is 8.61. The summed E-state index contributed by atoms with van der Waals surface area (Å²) in [7, 11) is 2.85. The molecule has 0 bridgehead atoms. The molecule has 1 aliphatic heterocycles. The number of carbonyl (C=O) groups excluding carboxylic acids is 4. The minimum atomic E-state index is -0.996. The third-order valence-corrected chi connectivity index (χ3v) is 6.06. The number of imide groups is 1. The zero-order valence-electron chi connectivity index (χ0n) is 20.8. The zero-order valence-corrected chi connectivity index (χ0v) is 20.8. The molecular formula is C28H27N3O6. The monoisotopic (exact) mass is 501 g/mol. The Bertz CT molecular complexity index is 1320. The van der Waals surface area contributed by atoms with Gasteiger partial charge in [0.1, 0.15) is 11.8 Å². The molecule has 9 nitrogen and oxygen atoms in total. The Morgan fingerprint density at radius 3 is 2.27 bits per heavy atom. The molecule has 1 N–H and O–H groups in total. The van der Waals surface area contributed by atoms with Crippen LogP contribution in [-0.4, -0.2) is 49.0 Å². The molecule has 9 heteroatoms. The maximum Gasteiger partial charge on any atom is 0.337 e. The second-order valence-corrected chi connectivity index (χ2v) is 8.61. The lowest BCUT2D eigenvalue weighted by Crippen LogP contribution is -2.37. The number of urea groups is 1. The minimum absolute atomic E-state index is 0.142. The number of ether oxygens (including phenoxy) is 2. The van der Waals surface area contributed by atoms with Gasteiger partial charge in [0, 0.05) is 12.2 Å². The van der Waals surface area contributed by atoms with Crippen LogP contribution in [0.1, 0.15) is 27.9 Å². The van der Waals surface area contributed by atoms with E-state index in [4.69, 9.17) is 4.74 Å². The number of aryl methyl sites for hydroxylation is 1. The summed E-state index contributed by atoms with van der Waals surface area (Å²) >= 11 is 0. The van der Waals surface area contributed by atoms with Crippen molar-refractivity contribution in [1.82, 2.24) is 4.90 Å². The number of esters is 1. The summed E-state index contributed by atoms with van der Waals surface area (Å²) in [5.74, 6) is -0.732. The van der Waals surface area contributed by atoms with Crippen LogP contribution in [0.5, 0.6) is 5.75 Å². The van der Waals surface area contributed by atoms with Crippen LogP contribution in [0.25, 0.3) is 0 Å². The molecular weight excluding hydrogens is 474 g/mol. The van der Waals surface area contributed by atoms with Crippen molar-refractivity contribution in [2.45, 2.75) is 25.9 Å². The van der Waals surface area contributed by atoms with Crippen molar-refractivity contribution in [1.29, 1.82) is 0 Å². The van der Waals surface area contributed by atoms with Gasteiger partial charge < -0.3 is 19.7 Å². The summed E-state index contributed by atoms with van der Waals surface area (Å²) in [6.45, 7) is 2.02. The van der Waals surface area contributed by atoms with Crippen molar-refractivity contribution >= 4 is 35.2 Å². The topological polar surface area (TPSA) is 105 Å². The molecule has 3 aromatic carbocycles. The Labute approximate surface area is 214 Å². The van der Waals surface area contributed by atoms with Crippen molar-refractivity contribution in [2.75, 3.05) is 24.4 Å². The molecule has 0 aliphatic carbocycles. The quantitative estimate of drug-likeness (QED) is 0.367. The fraction of sp³-hybridized carbons (Fsp3) is 0.214. The van der Waals surface area contributed by atoms with Crippen molar-refractivity contribution in [3.63, 3.8) is 0 Å². The summed E-state index contributed by atoms with van der Waals surface area (Å²) in [6, 6.07) is 19.0. The van der Waals surface area contributed by atoms with Gasteiger partial charge in [0.25, 0.3) is 5.91 Å². The molecule has 0 unspecified atom stereocenters. The second kappa shape index (κ2) is 10.9. The molecule has 37 heavy (non-hydrogen) atoms. The molecule has 0 saturated carbocycles. The van der Waals surface area contributed by atoms with Gasteiger partial charge >= 0.3 is 12.0 Å². The van der Waals surface area contributed by atoms with E-state index in [1.165, 1.54) is 24.1 Å². The molecule has 0 radical (unpaired) electrons. The number of hydrogen-bond donors (Lipinski definition) is 1. The number of rotatable bonds is 8. The Morgan fingerprint density at radius 1 is 0.946 bits per heavy atom. The number of methoxy groups -OCH3 is 2. The average molecular weight is 502 g/mol. The number of anilines is 2. The normalized spacial score (nSPS) is 15.1. The van der Waals surface area contributed by atoms with Crippen LogP contribution in [0.2, 0.25) is 0 Å². The van der Waals surface area contributed by atoms with Crippen LogP contribution in [0, 0.1) is 6.92 Å². The van der Waals surface area contributed by atoms with Crippen LogP contribution in [0.4, 0.5) is 16.2 Å². The molecule has 1 aliphatic rings. The van der Waals surface area contributed by atoms with Crippen LogP contribution >= 0.6 is 0 Å². The Morgan fingerprint density at radius 2 is 1.65 bits per heavy atom. The Hall–Kier alpha value is -4.66. The van der Waals surface area contributed by atoms with Gasteiger partial charge in [0.15, 0.2) is 0 Å². The van der Waals surface area contributed by atoms with E-state index in [0.717, 1.165) is 16.0 Å². The van der Waals surface area contributed by atoms with E-state index in [-0.39, 0.29) is 13.0 Å². The molecule has 190 valence electrons. The number of benzene rings is 3. The maximum absolute atomic E-state index is 13.5. The van der Waals surface area contributed by atoms with Crippen molar-refractivity contribution in [3.8, 4) is 5.75 Å². The highest BCUT2D eigenvalue weighted by molar-refractivity contribution is 6.22. The van der Waals surface area contributed by atoms with Crippen LogP contribution in [0.15, 0.2) is 72.8 Å². The van der Waals surface area contributed by atoms with E-state index in [0.29, 0.717) is 22.7 Å². The Kier molecular flexibility index (Phi) is 7.52. The smallest absolute Gasteiger partial charge is 0.337 e. The summed E-state index contributed by atoms with van der Waals surface area (Å²) in [4.78, 5) is 54.1. The first kappa shape index (κ1) is 25.4. The SMILES string of the molecule is COC(=O)c1ccc(NC(=O)C[C@@H]2C(=O)N(c3cccc(C)c3)C(=O)N2Cc2ccc(OC)cc2)cc1. The summed E-state index contributed by atoms with van der Waals surface area (Å²) in [6.07, 6.45) is -0.234. The largest absolute Gasteiger partial charge is 0.497 e. The van der Waals surface area contributed by atoms with E-state index in [9.17, 15) is 19.2 Å². The number of hydrogen-bond acceptors (Lipinski definition) is 6. The maximum atomic E-state index is 13.5. The summed E-state index contributed by atoms with van der Waals surface area (Å²) < 4.78 is 9.88. The molecule has 1 saturated heterocycles.